The summed E-state index contributed by atoms with van der Waals surface area (Å²) in [6, 6.07) is 0. The van der Waals surface area contributed by atoms with Crippen LogP contribution in [-0.4, -0.2) is 29.0 Å². The van der Waals surface area contributed by atoms with Gasteiger partial charge in [0.25, 0.3) is 5.92 Å². The molecule has 0 aromatic rings. The highest BCUT2D eigenvalue weighted by molar-refractivity contribution is 7.80. The number of thiocarbonyl (C=S) groups is 1. The highest BCUT2D eigenvalue weighted by Crippen LogP contribution is 2.27. The van der Waals surface area contributed by atoms with Crippen LogP contribution < -0.4 is 5.73 Å². The molecule has 2 nitrogen and oxygen atoms in total. The molecule has 0 unspecified atom stereocenters. The molecule has 11 heavy (non-hydrogen) atoms. The molecule has 1 aliphatic rings. The second-order valence-corrected chi connectivity index (χ2v) is 3.10. The van der Waals surface area contributed by atoms with E-state index in [1.807, 2.05) is 0 Å². The Morgan fingerprint density at radius 3 is 2.18 bits per heavy atom. The zero-order valence-electron chi connectivity index (χ0n) is 6.02. The van der Waals surface area contributed by atoms with Gasteiger partial charge in [0.2, 0.25) is 0 Å². The van der Waals surface area contributed by atoms with Crippen molar-refractivity contribution in [2.75, 3.05) is 13.1 Å². The first-order chi connectivity index (χ1) is 5.01. The summed E-state index contributed by atoms with van der Waals surface area (Å²) in [7, 11) is 0. The van der Waals surface area contributed by atoms with Crippen LogP contribution in [-0.2, 0) is 0 Å². The van der Waals surface area contributed by atoms with Crippen molar-refractivity contribution in [2.45, 2.75) is 18.8 Å². The molecule has 0 aliphatic carbocycles. The van der Waals surface area contributed by atoms with Crippen LogP contribution in [0.4, 0.5) is 8.78 Å². The highest BCUT2D eigenvalue weighted by atomic mass is 32.1. The van der Waals surface area contributed by atoms with Crippen LogP contribution in [0.3, 0.4) is 0 Å². The van der Waals surface area contributed by atoms with Crippen molar-refractivity contribution in [1.82, 2.24) is 4.90 Å². The van der Waals surface area contributed by atoms with Gasteiger partial charge in [0.1, 0.15) is 0 Å². The molecule has 0 bridgehead atoms. The topological polar surface area (TPSA) is 29.3 Å². The molecule has 0 radical (unpaired) electrons. The van der Waals surface area contributed by atoms with Gasteiger partial charge in [-0.05, 0) is 12.2 Å². The Morgan fingerprint density at radius 1 is 1.36 bits per heavy atom. The Labute approximate surface area is 69.3 Å². The van der Waals surface area contributed by atoms with Crippen LogP contribution in [0.2, 0.25) is 0 Å². The van der Waals surface area contributed by atoms with E-state index in [9.17, 15) is 8.78 Å². The summed E-state index contributed by atoms with van der Waals surface area (Å²) < 4.78 is 25.1. The first kappa shape index (κ1) is 8.64. The number of rotatable bonds is 0. The predicted molar refractivity (Wildman–Crippen MR) is 42.5 cm³/mol. The van der Waals surface area contributed by atoms with Gasteiger partial charge in [-0.25, -0.2) is 8.78 Å². The van der Waals surface area contributed by atoms with Gasteiger partial charge in [0.05, 0.1) is 0 Å². The molecule has 0 aromatic heterocycles. The summed E-state index contributed by atoms with van der Waals surface area (Å²) in [6.45, 7) is 0.560. The Balaban J connectivity index is 2.42. The van der Waals surface area contributed by atoms with Crippen molar-refractivity contribution in [3.05, 3.63) is 0 Å². The lowest BCUT2D eigenvalue weighted by Gasteiger charge is -2.31. The second-order valence-electron chi connectivity index (χ2n) is 2.68. The molecular weight excluding hydrogens is 170 g/mol. The molecule has 2 N–H and O–H groups in total. The lowest BCUT2D eigenvalue weighted by atomic mass is 10.1. The first-order valence-electron chi connectivity index (χ1n) is 3.43. The van der Waals surface area contributed by atoms with Gasteiger partial charge in [-0.15, -0.1) is 0 Å². The molecule has 1 rings (SSSR count). The minimum atomic E-state index is -2.51. The van der Waals surface area contributed by atoms with Crippen molar-refractivity contribution >= 4 is 17.3 Å². The van der Waals surface area contributed by atoms with E-state index in [-0.39, 0.29) is 31.0 Å². The number of hydrogen-bond acceptors (Lipinski definition) is 1. The summed E-state index contributed by atoms with van der Waals surface area (Å²) >= 11 is 4.65. The van der Waals surface area contributed by atoms with E-state index < -0.39 is 5.92 Å². The summed E-state index contributed by atoms with van der Waals surface area (Å²) in [5.41, 5.74) is 5.27. The molecule has 0 saturated carbocycles. The number of hydrogen-bond donors (Lipinski definition) is 1. The standard InChI is InChI=1S/C6H10F2N2S/c7-6(8)1-3-10(4-2-6)5(9)11/h1-4H2,(H2,9,11). The second kappa shape index (κ2) is 2.89. The van der Waals surface area contributed by atoms with Crippen LogP contribution >= 0.6 is 12.2 Å². The molecular formula is C6H10F2N2S. The van der Waals surface area contributed by atoms with Crippen molar-refractivity contribution in [3.63, 3.8) is 0 Å². The summed E-state index contributed by atoms with van der Waals surface area (Å²) in [4.78, 5) is 1.60. The van der Waals surface area contributed by atoms with Crippen molar-refractivity contribution in [3.8, 4) is 0 Å². The molecule has 0 aromatic carbocycles. The molecule has 5 heteroatoms. The van der Waals surface area contributed by atoms with E-state index >= 15 is 0 Å². The molecule has 1 saturated heterocycles. The SMILES string of the molecule is NC(=S)N1CCC(F)(F)CC1. The molecule has 0 atom stereocenters. The zero-order valence-corrected chi connectivity index (χ0v) is 6.83. The lowest BCUT2D eigenvalue weighted by molar-refractivity contribution is -0.0432. The maximum Gasteiger partial charge on any atom is 0.251 e. The molecule has 1 fully saturated rings. The van der Waals surface area contributed by atoms with Crippen molar-refractivity contribution < 1.29 is 8.78 Å². The largest absolute Gasteiger partial charge is 0.376 e. The average molecular weight is 180 g/mol. The van der Waals surface area contributed by atoms with Crippen molar-refractivity contribution in [1.29, 1.82) is 0 Å². The molecule has 0 amide bonds. The number of nitrogens with zero attached hydrogens (tertiary/aromatic N) is 1. The zero-order chi connectivity index (χ0) is 8.48. The third-order valence-electron chi connectivity index (χ3n) is 1.81. The Hall–Kier alpha value is -0.450. The maximum atomic E-state index is 12.5. The van der Waals surface area contributed by atoms with Crippen LogP contribution in [0.25, 0.3) is 0 Å². The summed E-state index contributed by atoms with van der Waals surface area (Å²) in [5.74, 6) is -2.51. The van der Waals surface area contributed by atoms with Gasteiger partial charge in [-0.3, -0.25) is 0 Å². The van der Waals surface area contributed by atoms with Gasteiger partial charge in [0, 0.05) is 25.9 Å². The quantitative estimate of drug-likeness (QED) is 0.563. The van der Waals surface area contributed by atoms with E-state index in [0.717, 1.165) is 0 Å². The number of piperidine rings is 1. The highest BCUT2D eigenvalue weighted by Gasteiger charge is 2.34. The third-order valence-corrected chi connectivity index (χ3v) is 2.06. The smallest absolute Gasteiger partial charge is 0.251 e. The van der Waals surface area contributed by atoms with E-state index in [4.69, 9.17) is 5.73 Å². The van der Waals surface area contributed by atoms with Crippen LogP contribution in [0.15, 0.2) is 0 Å². The van der Waals surface area contributed by atoms with Crippen molar-refractivity contribution in [2.24, 2.45) is 5.73 Å². The Kier molecular flexibility index (Phi) is 2.27. The van der Waals surface area contributed by atoms with Gasteiger partial charge in [-0.2, -0.15) is 0 Å². The number of alkyl halides is 2. The monoisotopic (exact) mass is 180 g/mol. The van der Waals surface area contributed by atoms with E-state index in [2.05, 4.69) is 12.2 Å². The number of halogens is 2. The van der Waals surface area contributed by atoms with Crippen LogP contribution in [0, 0.1) is 0 Å². The van der Waals surface area contributed by atoms with Gasteiger partial charge >= 0.3 is 0 Å². The van der Waals surface area contributed by atoms with Crippen LogP contribution in [0.5, 0.6) is 0 Å². The normalized spacial score (nSPS) is 23.3. The molecule has 0 spiro atoms. The lowest BCUT2D eigenvalue weighted by Crippen LogP contribution is -2.44. The minimum Gasteiger partial charge on any atom is -0.376 e. The fourth-order valence-electron chi connectivity index (χ4n) is 1.05. The summed E-state index contributed by atoms with van der Waals surface area (Å²) in [5, 5.41) is 0.223. The predicted octanol–water partition coefficient (Wildman–Crippen LogP) is 0.961. The number of likely N-dealkylation sites (tertiary alicyclic amines) is 1. The first-order valence-corrected chi connectivity index (χ1v) is 3.84. The van der Waals surface area contributed by atoms with E-state index in [1.165, 1.54) is 0 Å². The summed E-state index contributed by atoms with van der Waals surface area (Å²) in [6.07, 6.45) is -0.269. The number of nitrogens with two attached hydrogens (primary N) is 1. The van der Waals surface area contributed by atoms with E-state index in [0.29, 0.717) is 0 Å². The fraction of sp³-hybridized carbons (Fsp3) is 0.833. The van der Waals surface area contributed by atoms with Crippen LogP contribution in [0.1, 0.15) is 12.8 Å². The Bertz CT molecular complexity index is 162. The van der Waals surface area contributed by atoms with Gasteiger partial charge < -0.3 is 10.6 Å². The molecule has 1 aliphatic heterocycles. The van der Waals surface area contributed by atoms with Gasteiger partial charge in [-0.1, -0.05) is 0 Å². The van der Waals surface area contributed by atoms with Gasteiger partial charge in [0.15, 0.2) is 5.11 Å². The average Bonchev–Trinajstić information content (AvgIpc) is 1.86. The molecule has 64 valence electrons. The minimum absolute atomic E-state index is 0.135. The maximum absolute atomic E-state index is 12.5. The van der Waals surface area contributed by atoms with E-state index in [1.54, 1.807) is 4.90 Å². The molecule has 1 heterocycles. The third kappa shape index (κ3) is 2.25. The fourth-order valence-corrected chi connectivity index (χ4v) is 1.24. The Morgan fingerprint density at radius 2 is 1.82 bits per heavy atom.